The van der Waals surface area contributed by atoms with Crippen LogP contribution in [0, 0.1) is 11.7 Å². The zero-order valence-corrected chi connectivity index (χ0v) is 14.0. The third-order valence-electron chi connectivity index (χ3n) is 3.03. The summed E-state index contributed by atoms with van der Waals surface area (Å²) in [5.41, 5.74) is 0.712. The van der Waals surface area contributed by atoms with Crippen LogP contribution in [0.2, 0.25) is 0 Å². The molecule has 1 aromatic carbocycles. The molecule has 0 N–H and O–H groups in total. The molecule has 6 heteroatoms. The van der Waals surface area contributed by atoms with Crippen molar-refractivity contribution in [1.82, 2.24) is 0 Å². The lowest BCUT2D eigenvalue weighted by Gasteiger charge is -2.21. The Bertz CT molecular complexity index is 447. The van der Waals surface area contributed by atoms with Crippen molar-refractivity contribution >= 4 is 21.9 Å². The predicted octanol–water partition coefficient (Wildman–Crippen LogP) is 3.32. The molecule has 21 heavy (non-hydrogen) atoms. The molecule has 0 heterocycles. The molecule has 0 amide bonds. The summed E-state index contributed by atoms with van der Waals surface area (Å²) in [6, 6.07) is 4.56. The quantitative estimate of drug-likeness (QED) is 0.525. The van der Waals surface area contributed by atoms with E-state index in [1.54, 1.807) is 6.07 Å². The summed E-state index contributed by atoms with van der Waals surface area (Å²) in [7, 11) is 2.85. The third kappa shape index (κ3) is 6.11. The molecule has 0 saturated heterocycles. The Morgan fingerprint density at radius 3 is 2.57 bits per heavy atom. The van der Waals surface area contributed by atoms with Crippen molar-refractivity contribution in [1.29, 1.82) is 0 Å². The zero-order valence-electron chi connectivity index (χ0n) is 12.4. The van der Waals surface area contributed by atoms with Gasteiger partial charge in [0.25, 0.3) is 0 Å². The second-order valence-electron chi connectivity index (χ2n) is 4.56. The molecule has 4 nitrogen and oxygen atoms in total. The van der Waals surface area contributed by atoms with Crippen LogP contribution >= 0.6 is 15.9 Å². The number of esters is 1. The maximum absolute atomic E-state index is 13.4. The minimum Gasteiger partial charge on any atom is -0.469 e. The molecule has 2 atom stereocenters. The Morgan fingerprint density at radius 1 is 1.33 bits per heavy atom. The Kier molecular flexibility index (Phi) is 7.85. The zero-order chi connectivity index (χ0) is 15.8. The van der Waals surface area contributed by atoms with Crippen LogP contribution in [0.15, 0.2) is 22.7 Å². The highest BCUT2D eigenvalue weighted by atomic mass is 79.9. The van der Waals surface area contributed by atoms with Gasteiger partial charge < -0.3 is 14.2 Å². The van der Waals surface area contributed by atoms with E-state index < -0.39 is 12.2 Å². The van der Waals surface area contributed by atoms with E-state index in [0.717, 1.165) is 0 Å². The van der Waals surface area contributed by atoms with Crippen LogP contribution < -0.4 is 0 Å². The topological polar surface area (TPSA) is 44.8 Å². The summed E-state index contributed by atoms with van der Waals surface area (Å²) >= 11 is 3.24. The number of hydrogen-bond donors (Lipinski definition) is 0. The first-order chi connectivity index (χ1) is 9.99. The minimum atomic E-state index is -0.490. The van der Waals surface area contributed by atoms with Gasteiger partial charge in [-0.1, -0.05) is 15.9 Å². The molecule has 0 saturated carbocycles. The average molecular weight is 363 g/mol. The average Bonchev–Trinajstić information content (AvgIpc) is 2.43. The van der Waals surface area contributed by atoms with E-state index >= 15 is 0 Å². The van der Waals surface area contributed by atoms with Gasteiger partial charge in [0.2, 0.25) is 0 Å². The molecule has 0 fully saturated rings. The molecular weight excluding hydrogens is 343 g/mol. The Hall–Kier alpha value is -0.980. The number of methoxy groups -OCH3 is 2. The molecule has 0 spiro atoms. The van der Waals surface area contributed by atoms with Crippen LogP contribution in [0.5, 0.6) is 0 Å². The van der Waals surface area contributed by atoms with Crippen LogP contribution in [0.1, 0.15) is 18.9 Å². The van der Waals surface area contributed by atoms with Crippen molar-refractivity contribution in [2.75, 3.05) is 20.8 Å². The number of hydrogen-bond acceptors (Lipinski definition) is 4. The van der Waals surface area contributed by atoms with Crippen LogP contribution in [0.3, 0.4) is 0 Å². The Morgan fingerprint density at radius 2 is 2.05 bits per heavy atom. The van der Waals surface area contributed by atoms with E-state index in [9.17, 15) is 9.18 Å². The number of benzene rings is 1. The SMILES string of the molecule is CCOC(CC(Cc1cc(F)cc(Br)c1)C(=O)OC)OC. The van der Waals surface area contributed by atoms with Gasteiger partial charge in [-0.05, 0) is 37.1 Å². The molecular formula is C15H20BrFO4. The van der Waals surface area contributed by atoms with Crippen molar-refractivity contribution in [2.24, 2.45) is 5.92 Å². The van der Waals surface area contributed by atoms with Gasteiger partial charge in [-0.2, -0.15) is 0 Å². The number of ether oxygens (including phenoxy) is 3. The standard InChI is InChI=1S/C15H20BrFO4/c1-4-21-14(19-2)8-11(15(18)20-3)5-10-6-12(16)9-13(17)7-10/h6-7,9,11,14H,4-5,8H2,1-3H3. The van der Waals surface area contributed by atoms with E-state index in [-0.39, 0.29) is 11.8 Å². The third-order valence-corrected chi connectivity index (χ3v) is 3.49. The highest BCUT2D eigenvalue weighted by Crippen LogP contribution is 2.21. The molecule has 0 bridgehead atoms. The lowest BCUT2D eigenvalue weighted by molar-refractivity contribution is -0.157. The van der Waals surface area contributed by atoms with Crippen molar-refractivity contribution in [3.63, 3.8) is 0 Å². The summed E-state index contributed by atoms with van der Waals surface area (Å²) in [6.07, 6.45) is 0.220. The molecule has 1 rings (SSSR count). The maximum atomic E-state index is 13.4. The van der Waals surface area contributed by atoms with Gasteiger partial charge in [0.05, 0.1) is 13.0 Å². The largest absolute Gasteiger partial charge is 0.469 e. The minimum absolute atomic E-state index is 0.351. The molecule has 0 aliphatic heterocycles. The summed E-state index contributed by atoms with van der Waals surface area (Å²) in [5.74, 6) is -1.17. The predicted molar refractivity (Wildman–Crippen MR) is 80.4 cm³/mol. The summed E-state index contributed by atoms with van der Waals surface area (Å²) in [5, 5.41) is 0. The molecule has 0 aliphatic carbocycles. The summed E-state index contributed by atoms with van der Waals surface area (Å²) < 4.78 is 29.4. The number of carbonyl (C=O) groups excluding carboxylic acids is 1. The van der Waals surface area contributed by atoms with E-state index in [4.69, 9.17) is 14.2 Å². The van der Waals surface area contributed by atoms with Crippen LogP contribution in [-0.4, -0.2) is 33.1 Å². The van der Waals surface area contributed by atoms with E-state index in [0.29, 0.717) is 29.5 Å². The molecule has 118 valence electrons. The second kappa shape index (κ2) is 9.12. The first kappa shape index (κ1) is 18.1. The van der Waals surface area contributed by atoms with Gasteiger partial charge in [-0.15, -0.1) is 0 Å². The van der Waals surface area contributed by atoms with Gasteiger partial charge in [-0.25, -0.2) is 4.39 Å². The smallest absolute Gasteiger partial charge is 0.309 e. The number of halogens is 2. The van der Waals surface area contributed by atoms with Gasteiger partial charge in [0, 0.05) is 24.6 Å². The fraction of sp³-hybridized carbons (Fsp3) is 0.533. The highest BCUT2D eigenvalue weighted by Gasteiger charge is 2.25. The van der Waals surface area contributed by atoms with Gasteiger partial charge in [-0.3, -0.25) is 4.79 Å². The lowest BCUT2D eigenvalue weighted by Crippen LogP contribution is -2.27. The van der Waals surface area contributed by atoms with Gasteiger partial charge in [0.15, 0.2) is 6.29 Å². The van der Waals surface area contributed by atoms with E-state index in [1.807, 2.05) is 6.92 Å². The summed E-state index contributed by atoms with van der Waals surface area (Å²) in [4.78, 5) is 11.9. The first-order valence-electron chi connectivity index (χ1n) is 6.67. The normalized spacial score (nSPS) is 13.8. The Labute approximate surface area is 132 Å². The van der Waals surface area contributed by atoms with Crippen molar-refractivity contribution in [2.45, 2.75) is 26.1 Å². The molecule has 0 aliphatic rings. The maximum Gasteiger partial charge on any atom is 0.309 e. The lowest BCUT2D eigenvalue weighted by atomic mass is 9.96. The van der Waals surface area contributed by atoms with Gasteiger partial charge in [0.1, 0.15) is 5.82 Å². The van der Waals surface area contributed by atoms with Crippen molar-refractivity contribution in [3.05, 3.63) is 34.1 Å². The fourth-order valence-electron chi connectivity index (χ4n) is 2.09. The van der Waals surface area contributed by atoms with E-state index in [1.165, 1.54) is 26.4 Å². The fourth-order valence-corrected chi connectivity index (χ4v) is 2.61. The van der Waals surface area contributed by atoms with Crippen molar-refractivity contribution in [3.8, 4) is 0 Å². The van der Waals surface area contributed by atoms with Crippen LogP contribution in [0.4, 0.5) is 4.39 Å². The highest BCUT2D eigenvalue weighted by molar-refractivity contribution is 9.10. The van der Waals surface area contributed by atoms with Gasteiger partial charge >= 0.3 is 5.97 Å². The summed E-state index contributed by atoms with van der Waals surface area (Å²) in [6.45, 7) is 2.33. The number of rotatable bonds is 8. The molecule has 2 unspecified atom stereocenters. The van der Waals surface area contributed by atoms with E-state index in [2.05, 4.69) is 15.9 Å². The molecule has 0 aromatic heterocycles. The van der Waals surface area contributed by atoms with Crippen LogP contribution in [-0.2, 0) is 25.4 Å². The second-order valence-corrected chi connectivity index (χ2v) is 5.47. The molecule has 1 aromatic rings. The monoisotopic (exact) mass is 362 g/mol. The first-order valence-corrected chi connectivity index (χ1v) is 7.46. The van der Waals surface area contributed by atoms with Crippen LogP contribution in [0.25, 0.3) is 0 Å². The molecule has 0 radical (unpaired) electrons. The van der Waals surface area contributed by atoms with Crippen molar-refractivity contribution < 1.29 is 23.4 Å². The Balaban J connectivity index is 2.84. The number of carbonyl (C=O) groups is 1.